The van der Waals surface area contributed by atoms with Crippen LogP contribution in [0, 0.1) is 17.1 Å². The van der Waals surface area contributed by atoms with Crippen molar-refractivity contribution in [3.63, 3.8) is 0 Å². The Balaban J connectivity index is 0.00000261. The molecule has 0 amide bonds. The van der Waals surface area contributed by atoms with Crippen molar-refractivity contribution in [1.29, 1.82) is 5.26 Å². The Labute approximate surface area is 180 Å². The van der Waals surface area contributed by atoms with Crippen molar-refractivity contribution in [2.24, 2.45) is 4.99 Å². The van der Waals surface area contributed by atoms with Crippen molar-refractivity contribution in [1.82, 2.24) is 15.1 Å². The number of nitrogens with one attached hydrogen (secondary N) is 1. The van der Waals surface area contributed by atoms with Crippen LogP contribution in [0.15, 0.2) is 40.7 Å². The second kappa shape index (κ2) is 10.6. The summed E-state index contributed by atoms with van der Waals surface area (Å²) in [5, 5.41) is 14.2. The summed E-state index contributed by atoms with van der Waals surface area (Å²) < 4.78 is 14.0. The molecule has 144 valence electrons. The number of guanidine groups is 1. The monoisotopic (exact) mass is 499 g/mol. The van der Waals surface area contributed by atoms with Crippen LogP contribution in [0.5, 0.6) is 0 Å². The first-order chi connectivity index (χ1) is 12.7. The molecular formula is C19H23FIN5S. The molecule has 1 aromatic carbocycles. The number of benzene rings is 1. The number of halogens is 2. The van der Waals surface area contributed by atoms with E-state index in [4.69, 9.17) is 5.26 Å². The maximum Gasteiger partial charge on any atom is 0.194 e. The van der Waals surface area contributed by atoms with Gasteiger partial charge in [0.2, 0.25) is 0 Å². The maximum absolute atomic E-state index is 14.0. The van der Waals surface area contributed by atoms with Crippen LogP contribution >= 0.6 is 35.3 Å². The van der Waals surface area contributed by atoms with Gasteiger partial charge in [-0.2, -0.15) is 5.26 Å². The van der Waals surface area contributed by atoms with E-state index in [9.17, 15) is 4.39 Å². The van der Waals surface area contributed by atoms with Gasteiger partial charge in [0.25, 0.3) is 0 Å². The van der Waals surface area contributed by atoms with Gasteiger partial charge < -0.3 is 10.2 Å². The molecule has 3 rings (SSSR count). The van der Waals surface area contributed by atoms with E-state index in [1.165, 1.54) is 10.9 Å². The summed E-state index contributed by atoms with van der Waals surface area (Å²) in [5.74, 6) is 0.414. The molecule has 0 aliphatic carbocycles. The van der Waals surface area contributed by atoms with E-state index >= 15 is 0 Å². The molecule has 1 N–H and O–H groups in total. The number of thiophene rings is 1. The van der Waals surface area contributed by atoms with Crippen LogP contribution in [-0.2, 0) is 13.1 Å². The van der Waals surface area contributed by atoms with Gasteiger partial charge in [0, 0.05) is 56.8 Å². The van der Waals surface area contributed by atoms with E-state index in [1.54, 1.807) is 30.5 Å². The van der Waals surface area contributed by atoms with Gasteiger partial charge in [0.05, 0.1) is 11.6 Å². The van der Waals surface area contributed by atoms with Gasteiger partial charge in [-0.15, -0.1) is 35.3 Å². The van der Waals surface area contributed by atoms with Crippen molar-refractivity contribution in [2.45, 2.75) is 13.1 Å². The van der Waals surface area contributed by atoms with Gasteiger partial charge in [-0.1, -0.05) is 12.1 Å². The zero-order valence-electron chi connectivity index (χ0n) is 15.2. The Hall–Kier alpha value is -1.70. The first-order valence-corrected chi connectivity index (χ1v) is 9.46. The third-order valence-electron chi connectivity index (χ3n) is 4.46. The summed E-state index contributed by atoms with van der Waals surface area (Å²) in [6, 6.07) is 10.7. The second-order valence-corrected chi connectivity index (χ2v) is 7.19. The molecule has 1 aromatic heterocycles. The van der Waals surface area contributed by atoms with Crippen LogP contribution in [0.25, 0.3) is 0 Å². The highest BCUT2D eigenvalue weighted by Crippen LogP contribution is 2.14. The van der Waals surface area contributed by atoms with Gasteiger partial charge in [0.15, 0.2) is 5.96 Å². The number of hydrogen-bond donors (Lipinski definition) is 1. The van der Waals surface area contributed by atoms with E-state index in [0.717, 1.165) is 38.7 Å². The molecule has 1 saturated heterocycles. The van der Waals surface area contributed by atoms with Crippen molar-refractivity contribution < 1.29 is 4.39 Å². The Morgan fingerprint density at radius 1 is 1.30 bits per heavy atom. The zero-order chi connectivity index (χ0) is 18.4. The highest BCUT2D eigenvalue weighted by Gasteiger charge is 2.20. The Morgan fingerprint density at radius 3 is 2.67 bits per heavy atom. The van der Waals surface area contributed by atoms with Crippen LogP contribution in [0.4, 0.5) is 4.39 Å². The minimum atomic E-state index is -0.368. The maximum atomic E-state index is 14.0. The van der Waals surface area contributed by atoms with Gasteiger partial charge >= 0.3 is 0 Å². The highest BCUT2D eigenvalue weighted by molar-refractivity contribution is 14.0. The summed E-state index contributed by atoms with van der Waals surface area (Å²) in [4.78, 5) is 10.4. The first-order valence-electron chi connectivity index (χ1n) is 8.58. The van der Waals surface area contributed by atoms with E-state index in [1.807, 2.05) is 6.07 Å². The standard InChI is InChI=1S/C19H22FN5S.HI/c1-22-19(23-13-16-5-4-15(12-21)11-18(16)20)25-8-6-24(7-9-25)14-17-3-2-10-26-17;/h2-5,10-11H,6-9,13-14H2,1H3,(H,22,23);1H. The smallest absolute Gasteiger partial charge is 0.194 e. The minimum Gasteiger partial charge on any atom is -0.352 e. The van der Waals surface area contributed by atoms with Gasteiger partial charge in [-0.05, 0) is 23.6 Å². The average Bonchev–Trinajstić information content (AvgIpc) is 3.17. The molecule has 1 aliphatic heterocycles. The third-order valence-corrected chi connectivity index (χ3v) is 5.32. The first kappa shape index (κ1) is 21.6. The Bertz CT molecular complexity index is 795. The number of rotatable bonds is 4. The molecule has 0 atom stereocenters. The zero-order valence-corrected chi connectivity index (χ0v) is 18.3. The topological polar surface area (TPSA) is 54.7 Å². The molecule has 0 saturated carbocycles. The largest absolute Gasteiger partial charge is 0.352 e. The summed E-state index contributed by atoms with van der Waals surface area (Å²) in [5.41, 5.74) is 0.860. The molecule has 2 aromatic rings. The number of nitriles is 1. The molecule has 0 spiro atoms. The minimum absolute atomic E-state index is 0. The lowest BCUT2D eigenvalue weighted by molar-refractivity contribution is 0.173. The van der Waals surface area contributed by atoms with Crippen molar-refractivity contribution in [3.05, 3.63) is 57.5 Å². The molecule has 1 aliphatic rings. The lowest BCUT2D eigenvalue weighted by Gasteiger charge is -2.36. The fourth-order valence-electron chi connectivity index (χ4n) is 3.01. The highest BCUT2D eigenvalue weighted by atomic mass is 127. The molecule has 1 fully saturated rings. The molecule has 27 heavy (non-hydrogen) atoms. The molecule has 0 bridgehead atoms. The summed E-state index contributed by atoms with van der Waals surface area (Å²) in [7, 11) is 1.75. The average molecular weight is 499 g/mol. The molecule has 0 radical (unpaired) electrons. The molecular weight excluding hydrogens is 476 g/mol. The number of nitrogens with zero attached hydrogens (tertiary/aromatic N) is 4. The molecule has 2 heterocycles. The normalized spacial score (nSPS) is 15.1. The SMILES string of the molecule is CN=C(NCc1ccc(C#N)cc1F)N1CCN(Cc2cccs2)CC1.I. The second-order valence-electron chi connectivity index (χ2n) is 6.16. The van der Waals surface area contributed by atoms with Crippen LogP contribution < -0.4 is 5.32 Å². The fraction of sp³-hybridized carbons (Fsp3) is 0.368. The van der Waals surface area contributed by atoms with Crippen molar-refractivity contribution >= 4 is 41.3 Å². The van der Waals surface area contributed by atoms with E-state index < -0.39 is 0 Å². The number of hydrogen-bond acceptors (Lipinski definition) is 4. The van der Waals surface area contributed by atoms with Crippen molar-refractivity contribution in [2.75, 3.05) is 33.2 Å². The third kappa shape index (κ3) is 5.89. The van der Waals surface area contributed by atoms with Crippen LogP contribution in [0.1, 0.15) is 16.0 Å². The summed E-state index contributed by atoms with van der Waals surface area (Å²) in [6.45, 7) is 5.07. The summed E-state index contributed by atoms with van der Waals surface area (Å²) >= 11 is 1.79. The lowest BCUT2D eigenvalue weighted by atomic mass is 10.1. The van der Waals surface area contributed by atoms with Gasteiger partial charge in [-0.3, -0.25) is 9.89 Å². The Kier molecular flexibility index (Phi) is 8.47. The molecule has 0 unspecified atom stereocenters. The molecule has 5 nitrogen and oxygen atoms in total. The number of piperazine rings is 1. The predicted molar refractivity (Wildman–Crippen MR) is 118 cm³/mol. The Morgan fingerprint density at radius 2 is 2.07 bits per heavy atom. The quantitative estimate of drug-likeness (QED) is 0.399. The van der Waals surface area contributed by atoms with E-state index in [-0.39, 0.29) is 29.8 Å². The van der Waals surface area contributed by atoms with Gasteiger partial charge in [0.1, 0.15) is 5.82 Å². The van der Waals surface area contributed by atoms with E-state index in [2.05, 4.69) is 37.6 Å². The summed E-state index contributed by atoms with van der Waals surface area (Å²) in [6.07, 6.45) is 0. The van der Waals surface area contributed by atoms with Crippen LogP contribution in [0.2, 0.25) is 0 Å². The van der Waals surface area contributed by atoms with Gasteiger partial charge in [-0.25, -0.2) is 4.39 Å². The van der Waals surface area contributed by atoms with E-state index in [0.29, 0.717) is 17.7 Å². The number of aliphatic imine (C=N–C) groups is 1. The lowest BCUT2D eigenvalue weighted by Crippen LogP contribution is -2.52. The van der Waals surface area contributed by atoms with Crippen molar-refractivity contribution in [3.8, 4) is 6.07 Å². The molecule has 8 heteroatoms. The predicted octanol–water partition coefficient (Wildman–Crippen LogP) is 3.27. The van der Waals surface area contributed by atoms with Crippen LogP contribution in [-0.4, -0.2) is 49.0 Å². The van der Waals surface area contributed by atoms with Crippen LogP contribution in [0.3, 0.4) is 0 Å². The fourth-order valence-corrected chi connectivity index (χ4v) is 3.75.